The Balaban J connectivity index is 1.21. The summed E-state index contributed by atoms with van der Waals surface area (Å²) in [7, 11) is 0. The molecule has 2 fully saturated rings. The van der Waals surface area contributed by atoms with Crippen LogP contribution < -0.4 is 10.1 Å². The molecule has 3 aromatic rings. The molecule has 5 atom stereocenters. The molecular weight excluding hydrogens is 446 g/mol. The van der Waals surface area contributed by atoms with E-state index in [0.29, 0.717) is 34.5 Å². The van der Waals surface area contributed by atoms with Gasteiger partial charge in [-0.25, -0.2) is 9.37 Å². The van der Waals surface area contributed by atoms with Crippen LogP contribution in [-0.4, -0.2) is 28.3 Å². The molecule has 0 amide bonds. The summed E-state index contributed by atoms with van der Waals surface area (Å²) in [6.45, 7) is 0. The zero-order chi connectivity index (χ0) is 22.5. The van der Waals surface area contributed by atoms with Crippen LogP contribution in [0.3, 0.4) is 0 Å². The van der Waals surface area contributed by atoms with Gasteiger partial charge < -0.3 is 10.1 Å². The zero-order valence-corrected chi connectivity index (χ0v) is 17.6. The molecule has 5 rings (SSSR count). The summed E-state index contributed by atoms with van der Waals surface area (Å²) in [4.78, 5) is 8.14. The van der Waals surface area contributed by atoms with Gasteiger partial charge in [-0.05, 0) is 73.4 Å². The summed E-state index contributed by atoms with van der Waals surface area (Å²) in [5.74, 6) is 0.740. The van der Waals surface area contributed by atoms with Crippen LogP contribution in [0.15, 0.2) is 48.8 Å². The highest BCUT2D eigenvalue weighted by Gasteiger charge is 2.58. The standard InChI is InChI=1S/C23H20ClF4N3O/c24-12-1-4-22(30-11-12)31-21(23(26,27)28)10-17-15-8-14(9-16(15)17)32-20-5-6-29-19-3-2-13(25)7-18(19)20/h1-7,11,14-17,21H,8-10H2,(H,30,31)/t14-,15+,16-,17-,21?. The molecule has 9 heteroatoms. The second kappa shape index (κ2) is 8.06. The number of alkyl halides is 3. The fourth-order valence-electron chi connectivity index (χ4n) is 4.93. The van der Waals surface area contributed by atoms with E-state index >= 15 is 0 Å². The predicted octanol–water partition coefficient (Wildman–Crippen LogP) is 6.26. The number of hydrogen-bond donors (Lipinski definition) is 1. The van der Waals surface area contributed by atoms with Crippen LogP contribution in [0.4, 0.5) is 23.4 Å². The van der Waals surface area contributed by atoms with Gasteiger partial charge in [0.2, 0.25) is 0 Å². The Morgan fingerprint density at radius 2 is 1.88 bits per heavy atom. The molecule has 1 unspecified atom stereocenters. The summed E-state index contributed by atoms with van der Waals surface area (Å²) in [5, 5.41) is 3.48. The van der Waals surface area contributed by atoms with Crippen molar-refractivity contribution in [3.8, 4) is 5.75 Å². The van der Waals surface area contributed by atoms with Gasteiger partial charge >= 0.3 is 6.18 Å². The molecule has 2 aromatic heterocycles. The fraction of sp³-hybridized carbons (Fsp3) is 0.391. The molecule has 0 saturated heterocycles. The molecule has 0 spiro atoms. The van der Waals surface area contributed by atoms with E-state index < -0.39 is 12.2 Å². The molecule has 32 heavy (non-hydrogen) atoms. The lowest BCUT2D eigenvalue weighted by molar-refractivity contribution is -0.145. The van der Waals surface area contributed by atoms with Crippen molar-refractivity contribution in [3.05, 3.63) is 59.6 Å². The second-order valence-corrected chi connectivity index (χ2v) is 8.95. The molecular formula is C23H20ClF4N3O. The van der Waals surface area contributed by atoms with E-state index in [9.17, 15) is 17.6 Å². The first kappa shape index (κ1) is 21.2. The first-order valence-corrected chi connectivity index (χ1v) is 10.8. The van der Waals surface area contributed by atoms with Gasteiger partial charge in [-0.3, -0.25) is 4.98 Å². The third-order valence-electron chi connectivity index (χ3n) is 6.49. The van der Waals surface area contributed by atoms with Gasteiger partial charge in [-0.15, -0.1) is 0 Å². The Labute approximate surface area is 187 Å². The molecule has 2 aliphatic rings. The number of pyridine rings is 2. The van der Waals surface area contributed by atoms with E-state index in [1.807, 2.05) is 0 Å². The largest absolute Gasteiger partial charge is 0.490 e. The monoisotopic (exact) mass is 465 g/mol. The number of benzene rings is 1. The van der Waals surface area contributed by atoms with Gasteiger partial charge in [-0.2, -0.15) is 13.2 Å². The van der Waals surface area contributed by atoms with Crippen molar-refractivity contribution in [2.24, 2.45) is 17.8 Å². The SMILES string of the molecule is Fc1ccc2nccc(O[C@@H]3C[C@@H]4[C@@H](CC(Nc5ccc(Cl)cn5)C(F)(F)F)[C@@H]4C3)c2c1. The van der Waals surface area contributed by atoms with E-state index in [2.05, 4.69) is 15.3 Å². The van der Waals surface area contributed by atoms with Crippen molar-refractivity contribution < 1.29 is 22.3 Å². The van der Waals surface area contributed by atoms with Gasteiger partial charge in [0.1, 0.15) is 23.4 Å². The number of anilines is 1. The Morgan fingerprint density at radius 3 is 2.56 bits per heavy atom. The van der Waals surface area contributed by atoms with E-state index in [4.69, 9.17) is 16.3 Å². The van der Waals surface area contributed by atoms with Crippen molar-refractivity contribution in [3.63, 3.8) is 0 Å². The van der Waals surface area contributed by atoms with E-state index in [0.717, 1.165) is 0 Å². The lowest BCUT2D eigenvalue weighted by Crippen LogP contribution is -2.37. The van der Waals surface area contributed by atoms with E-state index in [-0.39, 0.29) is 41.9 Å². The summed E-state index contributed by atoms with van der Waals surface area (Å²) in [6.07, 6.45) is -0.160. The molecule has 2 heterocycles. The van der Waals surface area contributed by atoms with Crippen molar-refractivity contribution in [2.75, 3.05) is 5.32 Å². The quantitative estimate of drug-likeness (QED) is 0.436. The first-order chi connectivity index (χ1) is 15.3. The smallest absolute Gasteiger partial charge is 0.408 e. The van der Waals surface area contributed by atoms with E-state index in [1.54, 1.807) is 18.3 Å². The van der Waals surface area contributed by atoms with Gasteiger partial charge in [0.05, 0.1) is 16.6 Å². The number of rotatable bonds is 6. The minimum Gasteiger partial charge on any atom is -0.490 e. The van der Waals surface area contributed by atoms with E-state index in [1.165, 1.54) is 30.5 Å². The molecule has 1 N–H and O–H groups in total. The molecule has 168 valence electrons. The van der Waals surface area contributed by atoms with Crippen LogP contribution in [-0.2, 0) is 0 Å². The molecule has 0 aliphatic heterocycles. The maximum Gasteiger partial charge on any atom is 0.408 e. The number of nitrogens with one attached hydrogen (secondary N) is 1. The molecule has 2 saturated carbocycles. The number of fused-ring (bicyclic) bond motifs is 2. The normalized spacial score (nSPS) is 25.4. The minimum atomic E-state index is -4.38. The van der Waals surface area contributed by atoms with Crippen LogP contribution in [0, 0.1) is 23.6 Å². The number of nitrogens with zero attached hydrogens (tertiary/aromatic N) is 2. The highest BCUT2D eigenvalue weighted by molar-refractivity contribution is 6.30. The molecule has 0 bridgehead atoms. The Morgan fingerprint density at radius 1 is 1.09 bits per heavy atom. The minimum absolute atomic E-state index is 0.000735. The van der Waals surface area contributed by atoms with Gasteiger partial charge in [0.15, 0.2) is 0 Å². The van der Waals surface area contributed by atoms with Crippen molar-refractivity contribution in [1.29, 1.82) is 0 Å². The van der Waals surface area contributed by atoms with Crippen LogP contribution in [0.25, 0.3) is 10.9 Å². The third kappa shape index (κ3) is 4.33. The number of ether oxygens (including phenoxy) is 1. The molecule has 0 radical (unpaired) electrons. The lowest BCUT2D eigenvalue weighted by Gasteiger charge is -2.24. The fourth-order valence-corrected chi connectivity index (χ4v) is 5.05. The summed E-state index contributed by atoms with van der Waals surface area (Å²) >= 11 is 5.76. The average Bonchev–Trinajstić information content (AvgIpc) is 3.18. The molecule has 2 aliphatic carbocycles. The molecule has 1 aromatic carbocycles. The summed E-state index contributed by atoms with van der Waals surface area (Å²) < 4.78 is 60.6. The Bertz CT molecular complexity index is 1110. The number of aromatic nitrogens is 2. The van der Waals surface area contributed by atoms with Crippen LogP contribution in [0.1, 0.15) is 19.3 Å². The predicted molar refractivity (Wildman–Crippen MR) is 113 cm³/mol. The van der Waals surface area contributed by atoms with Crippen LogP contribution in [0.2, 0.25) is 5.02 Å². The Hall–Kier alpha value is -2.61. The maximum absolute atomic E-state index is 13.7. The topological polar surface area (TPSA) is 47.0 Å². The highest BCUT2D eigenvalue weighted by atomic mass is 35.5. The molecule has 4 nitrogen and oxygen atoms in total. The summed E-state index contributed by atoms with van der Waals surface area (Å²) in [5.41, 5.74) is 0.639. The maximum atomic E-state index is 13.7. The van der Waals surface area contributed by atoms with Crippen molar-refractivity contribution in [2.45, 2.75) is 37.6 Å². The van der Waals surface area contributed by atoms with Gasteiger partial charge in [0.25, 0.3) is 0 Å². The lowest BCUT2D eigenvalue weighted by atomic mass is 10.0. The van der Waals surface area contributed by atoms with Gasteiger partial charge in [0, 0.05) is 17.8 Å². The number of halogens is 5. The summed E-state index contributed by atoms with van der Waals surface area (Å²) in [6, 6.07) is 7.32. The van der Waals surface area contributed by atoms with Crippen molar-refractivity contribution in [1.82, 2.24) is 9.97 Å². The zero-order valence-electron chi connectivity index (χ0n) is 16.8. The third-order valence-corrected chi connectivity index (χ3v) is 6.71. The van der Waals surface area contributed by atoms with Crippen LogP contribution >= 0.6 is 11.6 Å². The van der Waals surface area contributed by atoms with Crippen molar-refractivity contribution >= 4 is 28.3 Å². The number of hydrogen-bond acceptors (Lipinski definition) is 4. The van der Waals surface area contributed by atoms with Crippen LogP contribution in [0.5, 0.6) is 5.75 Å². The van der Waals surface area contributed by atoms with Gasteiger partial charge in [-0.1, -0.05) is 11.6 Å². The first-order valence-electron chi connectivity index (χ1n) is 10.4. The second-order valence-electron chi connectivity index (χ2n) is 8.51. The average molecular weight is 466 g/mol. The Kier molecular flexibility index (Phi) is 5.35. The highest BCUT2D eigenvalue weighted by Crippen LogP contribution is 2.60.